The molecule has 0 bridgehead atoms. The quantitative estimate of drug-likeness (QED) is 0.515. The third-order valence-electron chi connectivity index (χ3n) is 0.530. The van der Waals surface area contributed by atoms with Crippen LogP contribution < -0.4 is 4.70 Å². The molecule has 0 saturated heterocycles. The third-order valence-corrected chi connectivity index (χ3v) is 1.54. The molecule has 0 aliphatic carbocycles. The van der Waals surface area contributed by atoms with E-state index in [1.54, 1.807) is 22.5 Å². The minimum absolute atomic E-state index is 0. The molecule has 0 aliphatic rings. The molecule has 0 aromatic carbocycles. The van der Waals surface area contributed by atoms with Crippen LogP contribution in [-0.2, 0) is 0 Å². The zero-order chi connectivity index (χ0) is 4.12. The molecular weight excluding hydrogens is 218 g/mol. The minimum atomic E-state index is 0. The Morgan fingerprint density at radius 2 is 1.62 bits per heavy atom. The van der Waals surface area contributed by atoms with Crippen LogP contribution in [0.25, 0.3) is 0 Å². The van der Waals surface area contributed by atoms with Crippen molar-refractivity contribution in [2.45, 2.75) is 24.2 Å². The van der Waals surface area contributed by atoms with Crippen LogP contribution in [0, 0.1) is 0 Å². The van der Waals surface area contributed by atoms with E-state index in [2.05, 4.69) is 6.92 Å². The van der Waals surface area contributed by atoms with Gasteiger partial charge in [0, 0.05) is 0 Å². The van der Waals surface area contributed by atoms with E-state index in [-0.39, 0.29) is 15.7 Å². The van der Waals surface area contributed by atoms with Crippen molar-refractivity contribution in [3.05, 3.63) is 0 Å². The molecule has 0 aromatic heterocycles. The zero-order valence-corrected chi connectivity index (χ0v) is 7.75. The monoisotopic (exact) mass is 230 g/mol. The van der Waals surface area contributed by atoms with Crippen molar-refractivity contribution in [1.82, 2.24) is 0 Å². The van der Waals surface area contributed by atoms with E-state index in [1.165, 1.54) is 17.3 Å². The first kappa shape index (κ1) is 23.4. The van der Waals surface area contributed by atoms with E-state index in [0.29, 0.717) is 0 Å². The molecule has 0 radical (unpaired) electrons. The first-order valence-corrected chi connectivity index (χ1v) is 4.08. The van der Waals surface area contributed by atoms with Crippen LogP contribution in [0.1, 0.15) is 19.8 Å². The largest absolute Gasteiger partial charge is 1.00 e. The second-order valence-electron chi connectivity index (χ2n) is 1.10. The first-order valence-electron chi connectivity index (χ1n) is 2.06. The SMILES string of the molecule is CCC[CH2][Sn+3].[F-].[OH-].[OH-]. The Balaban J connectivity index is -0.0000000267. The summed E-state index contributed by atoms with van der Waals surface area (Å²) in [6, 6.07) is 0. The van der Waals surface area contributed by atoms with E-state index in [0.717, 1.165) is 0 Å². The molecule has 2 nitrogen and oxygen atoms in total. The smallest absolute Gasteiger partial charge is 0.870 e. The Labute approximate surface area is 62.7 Å². The van der Waals surface area contributed by atoms with E-state index in [9.17, 15) is 0 Å². The van der Waals surface area contributed by atoms with E-state index in [4.69, 9.17) is 0 Å². The molecule has 0 rings (SSSR count). The fraction of sp³-hybridized carbons (Fsp3) is 1.00. The summed E-state index contributed by atoms with van der Waals surface area (Å²) in [6.45, 7) is 2.23. The fourth-order valence-corrected chi connectivity index (χ4v) is 1.19. The van der Waals surface area contributed by atoms with Crippen molar-refractivity contribution in [1.29, 1.82) is 0 Å². The number of hydrogen-bond donors (Lipinski definition) is 0. The summed E-state index contributed by atoms with van der Waals surface area (Å²) in [5, 5.41) is 0. The van der Waals surface area contributed by atoms with Crippen molar-refractivity contribution in [3.63, 3.8) is 0 Å². The standard InChI is InChI=1S/C4H9.FH.2H2O.Sn/c1-3-4-2;;;;/h1,3-4H2,2H3;1H;2*1H2;/q;;;;+3/p-3. The average Bonchev–Trinajstić information content (AvgIpc) is 1.41. The normalized spacial score (nSPS) is 5.38. The van der Waals surface area contributed by atoms with Crippen molar-refractivity contribution >= 4 is 22.5 Å². The molecule has 0 amide bonds. The van der Waals surface area contributed by atoms with Crippen molar-refractivity contribution in [3.8, 4) is 0 Å². The zero-order valence-electron chi connectivity index (χ0n) is 4.89. The van der Waals surface area contributed by atoms with Gasteiger partial charge in [-0.05, 0) is 0 Å². The van der Waals surface area contributed by atoms with E-state index >= 15 is 0 Å². The molecule has 0 aromatic rings. The van der Waals surface area contributed by atoms with Gasteiger partial charge in [0.05, 0.1) is 0 Å². The maximum atomic E-state index is 2.23. The summed E-state index contributed by atoms with van der Waals surface area (Å²) in [6.07, 6.45) is 2.80. The number of rotatable bonds is 2. The Bertz CT molecular complexity index is 21.5. The summed E-state index contributed by atoms with van der Waals surface area (Å²) in [7, 11) is 0. The molecule has 8 heavy (non-hydrogen) atoms. The summed E-state index contributed by atoms with van der Waals surface area (Å²) in [4.78, 5) is 0. The molecule has 2 N–H and O–H groups in total. The van der Waals surface area contributed by atoms with Gasteiger partial charge in [-0.25, -0.2) is 0 Å². The first-order chi connectivity index (χ1) is 2.41. The van der Waals surface area contributed by atoms with Crippen LogP contribution in [0.5, 0.6) is 0 Å². The van der Waals surface area contributed by atoms with Crippen LogP contribution >= 0.6 is 0 Å². The summed E-state index contributed by atoms with van der Waals surface area (Å²) in [5.41, 5.74) is 0. The molecule has 0 spiro atoms. The molecule has 4 heteroatoms. The topological polar surface area (TPSA) is 60.0 Å². The van der Waals surface area contributed by atoms with Gasteiger partial charge in [-0.2, -0.15) is 0 Å². The van der Waals surface area contributed by atoms with Gasteiger partial charge in [-0.1, -0.05) is 0 Å². The number of unbranched alkanes of at least 4 members (excludes halogenated alkanes) is 1. The van der Waals surface area contributed by atoms with Crippen molar-refractivity contribution in [2.24, 2.45) is 0 Å². The maximum Gasteiger partial charge on any atom is -0.870 e. The molecular formula is C4H11FO2Sn. The van der Waals surface area contributed by atoms with Crippen molar-refractivity contribution in [2.75, 3.05) is 0 Å². The summed E-state index contributed by atoms with van der Waals surface area (Å²) < 4.78 is 1.43. The predicted molar refractivity (Wildman–Crippen MR) is 29.3 cm³/mol. The molecule has 50 valence electrons. The Morgan fingerprint density at radius 3 is 1.62 bits per heavy atom. The van der Waals surface area contributed by atoms with Gasteiger partial charge in [-0.15, -0.1) is 0 Å². The van der Waals surface area contributed by atoms with Gasteiger partial charge in [0.15, 0.2) is 0 Å². The van der Waals surface area contributed by atoms with Gasteiger partial charge in [0.1, 0.15) is 0 Å². The van der Waals surface area contributed by atoms with Gasteiger partial charge in [0.2, 0.25) is 0 Å². The molecule has 0 fully saturated rings. The van der Waals surface area contributed by atoms with Crippen LogP contribution in [-0.4, -0.2) is 33.5 Å². The molecule has 0 unspecified atom stereocenters. The molecule has 0 heterocycles. The second kappa shape index (κ2) is 25.4. The third kappa shape index (κ3) is 30.2. The van der Waals surface area contributed by atoms with Gasteiger partial charge in [0.25, 0.3) is 0 Å². The second-order valence-corrected chi connectivity index (χ2v) is 2.53. The summed E-state index contributed by atoms with van der Waals surface area (Å²) >= 11 is 1.68. The molecule has 0 atom stereocenters. The minimum Gasteiger partial charge on any atom is -1.00 e. The maximum absolute atomic E-state index is 2.23. The fourth-order valence-electron chi connectivity index (χ4n) is 0.177. The Kier molecular flexibility index (Phi) is 74.3. The van der Waals surface area contributed by atoms with Crippen LogP contribution in [0.4, 0.5) is 0 Å². The van der Waals surface area contributed by atoms with Crippen molar-refractivity contribution < 1.29 is 15.7 Å². The van der Waals surface area contributed by atoms with E-state index < -0.39 is 0 Å². The molecule has 0 aliphatic heterocycles. The Morgan fingerprint density at radius 1 is 1.25 bits per heavy atom. The summed E-state index contributed by atoms with van der Waals surface area (Å²) in [5.74, 6) is 0. The van der Waals surface area contributed by atoms with Crippen LogP contribution in [0.15, 0.2) is 0 Å². The van der Waals surface area contributed by atoms with E-state index in [1.807, 2.05) is 0 Å². The average molecular weight is 229 g/mol. The van der Waals surface area contributed by atoms with Gasteiger partial charge >= 0.3 is 46.7 Å². The van der Waals surface area contributed by atoms with Gasteiger partial charge < -0.3 is 15.7 Å². The van der Waals surface area contributed by atoms with Crippen LogP contribution in [0.3, 0.4) is 0 Å². The predicted octanol–water partition coefficient (Wildman–Crippen LogP) is -1.98. The molecule has 0 saturated carbocycles. The Hall–Kier alpha value is 0.649. The van der Waals surface area contributed by atoms with Gasteiger partial charge in [-0.3, -0.25) is 0 Å². The van der Waals surface area contributed by atoms with Crippen LogP contribution in [0.2, 0.25) is 4.44 Å². The number of hydrogen-bond acceptors (Lipinski definition) is 2. The number of halogens is 1.